The van der Waals surface area contributed by atoms with Gasteiger partial charge in [-0.05, 0) is 43.5 Å². The molecule has 0 aromatic heterocycles. The first kappa shape index (κ1) is 14.4. The molecule has 0 atom stereocenters. The fraction of sp³-hybridized carbons (Fsp3) is 0.467. The SMILES string of the molecule is COc1cc2c(cc1C=O)CN(C(=O)OC(C)C)CC2. The first-order valence-corrected chi connectivity index (χ1v) is 6.65. The predicted molar refractivity (Wildman–Crippen MR) is 74.1 cm³/mol. The lowest BCUT2D eigenvalue weighted by Crippen LogP contribution is -2.37. The van der Waals surface area contributed by atoms with Crippen LogP contribution in [0.2, 0.25) is 0 Å². The Morgan fingerprint density at radius 1 is 1.35 bits per heavy atom. The Balaban J connectivity index is 2.21. The molecule has 0 spiro atoms. The third kappa shape index (κ3) is 2.92. The number of amides is 1. The molecule has 0 N–H and O–H groups in total. The number of hydrogen-bond acceptors (Lipinski definition) is 4. The van der Waals surface area contributed by atoms with Crippen LogP contribution < -0.4 is 4.74 Å². The van der Waals surface area contributed by atoms with Crippen molar-refractivity contribution in [3.8, 4) is 5.75 Å². The molecular formula is C15H19NO4. The molecule has 1 aliphatic rings. The first-order chi connectivity index (χ1) is 9.55. The zero-order chi connectivity index (χ0) is 14.7. The van der Waals surface area contributed by atoms with Crippen LogP contribution >= 0.6 is 0 Å². The maximum Gasteiger partial charge on any atom is 0.410 e. The average molecular weight is 277 g/mol. The maximum atomic E-state index is 11.9. The van der Waals surface area contributed by atoms with Crippen LogP contribution in [-0.2, 0) is 17.7 Å². The number of benzene rings is 1. The lowest BCUT2D eigenvalue weighted by atomic mass is 9.97. The van der Waals surface area contributed by atoms with Crippen LogP contribution in [-0.4, -0.2) is 37.0 Å². The summed E-state index contributed by atoms with van der Waals surface area (Å²) >= 11 is 0. The maximum absolute atomic E-state index is 11.9. The Labute approximate surface area is 118 Å². The lowest BCUT2D eigenvalue weighted by molar-refractivity contribution is 0.0730. The third-order valence-corrected chi connectivity index (χ3v) is 3.29. The highest BCUT2D eigenvalue weighted by atomic mass is 16.6. The molecule has 0 saturated heterocycles. The molecule has 1 heterocycles. The molecule has 108 valence electrons. The predicted octanol–water partition coefficient (Wildman–Crippen LogP) is 2.41. The number of rotatable bonds is 3. The van der Waals surface area contributed by atoms with Gasteiger partial charge in [-0.3, -0.25) is 4.79 Å². The summed E-state index contributed by atoms with van der Waals surface area (Å²) in [7, 11) is 1.55. The van der Waals surface area contributed by atoms with Crippen molar-refractivity contribution in [3.63, 3.8) is 0 Å². The molecule has 0 bridgehead atoms. The van der Waals surface area contributed by atoms with Crippen molar-refractivity contribution in [1.29, 1.82) is 0 Å². The number of aldehydes is 1. The van der Waals surface area contributed by atoms with Crippen LogP contribution in [0.5, 0.6) is 5.75 Å². The van der Waals surface area contributed by atoms with Gasteiger partial charge in [0.15, 0.2) is 6.29 Å². The number of carbonyl (C=O) groups is 2. The van der Waals surface area contributed by atoms with Crippen molar-refractivity contribution in [2.75, 3.05) is 13.7 Å². The van der Waals surface area contributed by atoms with E-state index in [1.807, 2.05) is 19.9 Å². The normalized spacial score (nSPS) is 13.9. The van der Waals surface area contributed by atoms with Crippen LogP contribution in [0.4, 0.5) is 4.79 Å². The molecule has 5 heteroatoms. The Morgan fingerprint density at radius 3 is 2.70 bits per heavy atom. The van der Waals surface area contributed by atoms with Gasteiger partial charge >= 0.3 is 6.09 Å². The Hall–Kier alpha value is -2.04. The number of methoxy groups -OCH3 is 1. The fourth-order valence-corrected chi connectivity index (χ4v) is 2.31. The summed E-state index contributed by atoms with van der Waals surface area (Å²) in [4.78, 5) is 24.6. The van der Waals surface area contributed by atoms with Crippen molar-refractivity contribution < 1.29 is 19.1 Å². The van der Waals surface area contributed by atoms with E-state index >= 15 is 0 Å². The monoisotopic (exact) mass is 277 g/mol. The van der Waals surface area contributed by atoms with Crippen molar-refractivity contribution in [2.24, 2.45) is 0 Å². The zero-order valence-corrected chi connectivity index (χ0v) is 12.0. The summed E-state index contributed by atoms with van der Waals surface area (Å²) < 4.78 is 10.4. The van der Waals surface area contributed by atoms with Crippen molar-refractivity contribution in [2.45, 2.75) is 32.9 Å². The van der Waals surface area contributed by atoms with Crippen molar-refractivity contribution in [3.05, 3.63) is 28.8 Å². The van der Waals surface area contributed by atoms with E-state index in [0.717, 1.165) is 23.8 Å². The van der Waals surface area contributed by atoms with E-state index < -0.39 is 0 Å². The summed E-state index contributed by atoms with van der Waals surface area (Å²) in [5.41, 5.74) is 2.59. The second-order valence-electron chi connectivity index (χ2n) is 5.08. The molecule has 0 fully saturated rings. The van der Waals surface area contributed by atoms with E-state index in [0.29, 0.717) is 24.4 Å². The number of ether oxygens (including phenoxy) is 2. The van der Waals surface area contributed by atoms with E-state index in [2.05, 4.69) is 0 Å². The fourth-order valence-electron chi connectivity index (χ4n) is 2.31. The van der Waals surface area contributed by atoms with Crippen LogP contribution in [0, 0.1) is 0 Å². The number of fused-ring (bicyclic) bond motifs is 1. The van der Waals surface area contributed by atoms with Crippen LogP contribution in [0.15, 0.2) is 12.1 Å². The summed E-state index contributed by atoms with van der Waals surface area (Å²) in [6.07, 6.45) is 1.06. The number of nitrogens with zero attached hydrogens (tertiary/aromatic N) is 1. The zero-order valence-electron chi connectivity index (χ0n) is 12.0. The van der Waals surface area contributed by atoms with E-state index in [1.54, 1.807) is 18.1 Å². The van der Waals surface area contributed by atoms with E-state index in [9.17, 15) is 9.59 Å². The van der Waals surface area contributed by atoms with Gasteiger partial charge in [0.2, 0.25) is 0 Å². The highest BCUT2D eigenvalue weighted by Crippen LogP contribution is 2.27. The van der Waals surface area contributed by atoms with Gasteiger partial charge in [0, 0.05) is 13.1 Å². The Morgan fingerprint density at radius 2 is 2.10 bits per heavy atom. The average Bonchev–Trinajstić information content (AvgIpc) is 2.44. The standard InChI is InChI=1S/C15H19NO4/c1-10(2)20-15(18)16-5-4-11-7-14(19-3)13(9-17)6-12(11)8-16/h6-7,9-10H,4-5,8H2,1-3H3. The summed E-state index contributed by atoms with van der Waals surface area (Å²) in [5, 5.41) is 0. The molecule has 1 aromatic carbocycles. The van der Waals surface area contributed by atoms with Crippen molar-refractivity contribution >= 4 is 12.4 Å². The smallest absolute Gasteiger partial charge is 0.410 e. The Kier molecular flexibility index (Phi) is 4.27. The lowest BCUT2D eigenvalue weighted by Gasteiger charge is -2.29. The molecule has 1 amide bonds. The first-order valence-electron chi connectivity index (χ1n) is 6.65. The van der Waals surface area contributed by atoms with Gasteiger partial charge < -0.3 is 14.4 Å². The second-order valence-corrected chi connectivity index (χ2v) is 5.08. The summed E-state index contributed by atoms with van der Waals surface area (Å²) in [5.74, 6) is 0.581. The van der Waals surface area contributed by atoms with Crippen LogP contribution in [0.3, 0.4) is 0 Å². The molecule has 0 radical (unpaired) electrons. The van der Waals surface area contributed by atoms with E-state index in [1.165, 1.54) is 0 Å². The minimum atomic E-state index is -0.311. The van der Waals surface area contributed by atoms with Crippen LogP contribution in [0.1, 0.15) is 35.3 Å². The molecule has 0 saturated carbocycles. The highest BCUT2D eigenvalue weighted by molar-refractivity contribution is 5.80. The molecule has 20 heavy (non-hydrogen) atoms. The number of hydrogen-bond donors (Lipinski definition) is 0. The van der Waals surface area contributed by atoms with Gasteiger partial charge in [0.05, 0.1) is 18.8 Å². The van der Waals surface area contributed by atoms with E-state index in [-0.39, 0.29) is 12.2 Å². The third-order valence-electron chi connectivity index (χ3n) is 3.29. The Bertz CT molecular complexity index is 525. The molecule has 5 nitrogen and oxygen atoms in total. The van der Waals surface area contributed by atoms with E-state index in [4.69, 9.17) is 9.47 Å². The molecule has 0 aliphatic carbocycles. The minimum Gasteiger partial charge on any atom is -0.496 e. The van der Waals surface area contributed by atoms with Gasteiger partial charge in [-0.25, -0.2) is 4.79 Å². The number of carbonyl (C=O) groups excluding carboxylic acids is 2. The second kappa shape index (κ2) is 5.94. The molecule has 0 unspecified atom stereocenters. The van der Waals surface area contributed by atoms with Gasteiger partial charge in [-0.2, -0.15) is 0 Å². The van der Waals surface area contributed by atoms with Gasteiger partial charge in [0.25, 0.3) is 0 Å². The highest BCUT2D eigenvalue weighted by Gasteiger charge is 2.23. The van der Waals surface area contributed by atoms with Crippen molar-refractivity contribution in [1.82, 2.24) is 4.90 Å². The van der Waals surface area contributed by atoms with Gasteiger partial charge in [0.1, 0.15) is 5.75 Å². The molecular weight excluding hydrogens is 258 g/mol. The quantitative estimate of drug-likeness (QED) is 0.796. The minimum absolute atomic E-state index is 0.134. The molecule has 1 aliphatic heterocycles. The van der Waals surface area contributed by atoms with Crippen LogP contribution in [0.25, 0.3) is 0 Å². The summed E-state index contributed by atoms with van der Waals surface area (Å²) in [6.45, 7) is 4.73. The summed E-state index contributed by atoms with van der Waals surface area (Å²) in [6, 6.07) is 3.67. The van der Waals surface area contributed by atoms with Gasteiger partial charge in [-0.15, -0.1) is 0 Å². The molecule has 1 aromatic rings. The van der Waals surface area contributed by atoms with Gasteiger partial charge in [-0.1, -0.05) is 0 Å². The molecule has 2 rings (SSSR count). The largest absolute Gasteiger partial charge is 0.496 e. The topological polar surface area (TPSA) is 55.8 Å².